The fourth-order valence-electron chi connectivity index (χ4n) is 4.04. The Hall–Kier alpha value is -1.51. The van der Waals surface area contributed by atoms with E-state index >= 15 is 0 Å². The number of Topliss-reactive ketones (excluding diaryl/α,β-unsaturated/α-hetero) is 1. The van der Waals surface area contributed by atoms with E-state index < -0.39 is 24.1 Å². The highest BCUT2D eigenvalue weighted by atomic mass is 16.3. The molecule has 8 nitrogen and oxygen atoms in total. The molecule has 5 atom stereocenters. The van der Waals surface area contributed by atoms with Gasteiger partial charge in [0.25, 0.3) is 0 Å². The Morgan fingerprint density at radius 2 is 1.77 bits per heavy atom. The van der Waals surface area contributed by atoms with Gasteiger partial charge in [0.2, 0.25) is 11.8 Å². The van der Waals surface area contributed by atoms with E-state index in [4.69, 9.17) is 5.73 Å². The summed E-state index contributed by atoms with van der Waals surface area (Å²) in [5, 5.41) is 18.8. The summed E-state index contributed by atoms with van der Waals surface area (Å²) in [4.78, 5) is 36.9. The SMILES string of the molecule is CCCCCCCC[C@H]1CC[C@H](C(=O)N[C@H](C(=O)N[C@@H](CCN)C(C)=O)[C@H](C)O)CN1. The van der Waals surface area contributed by atoms with Crippen LogP contribution < -0.4 is 21.7 Å². The van der Waals surface area contributed by atoms with Gasteiger partial charge in [-0.1, -0.05) is 45.4 Å². The highest BCUT2D eigenvalue weighted by molar-refractivity contribution is 5.92. The van der Waals surface area contributed by atoms with Gasteiger partial charge < -0.3 is 26.8 Å². The van der Waals surface area contributed by atoms with Crippen LogP contribution in [0, 0.1) is 5.92 Å². The molecule has 0 bridgehead atoms. The number of rotatable bonds is 15. The molecule has 0 unspecified atom stereocenters. The Morgan fingerprint density at radius 3 is 2.32 bits per heavy atom. The quantitative estimate of drug-likeness (QED) is 0.244. The molecule has 1 heterocycles. The molecule has 0 aromatic heterocycles. The van der Waals surface area contributed by atoms with E-state index in [2.05, 4.69) is 22.9 Å². The number of hydrogen-bond acceptors (Lipinski definition) is 6. The van der Waals surface area contributed by atoms with Gasteiger partial charge in [0, 0.05) is 12.6 Å². The molecule has 1 aliphatic heterocycles. The number of nitrogens with two attached hydrogens (primary N) is 1. The lowest BCUT2D eigenvalue weighted by molar-refractivity contribution is -0.135. The van der Waals surface area contributed by atoms with Gasteiger partial charge in [-0.25, -0.2) is 0 Å². The fraction of sp³-hybridized carbons (Fsp3) is 0.870. The Balaban J connectivity index is 2.44. The zero-order chi connectivity index (χ0) is 23.2. The maximum Gasteiger partial charge on any atom is 0.245 e. The lowest BCUT2D eigenvalue weighted by atomic mass is 9.91. The number of nitrogens with one attached hydrogen (secondary N) is 3. The van der Waals surface area contributed by atoms with Gasteiger partial charge in [0.1, 0.15) is 6.04 Å². The Kier molecular flexibility index (Phi) is 13.6. The zero-order valence-electron chi connectivity index (χ0n) is 19.6. The number of aliphatic hydroxyl groups excluding tert-OH is 1. The largest absolute Gasteiger partial charge is 0.391 e. The van der Waals surface area contributed by atoms with Crippen molar-refractivity contribution in [2.24, 2.45) is 11.7 Å². The third kappa shape index (κ3) is 10.6. The summed E-state index contributed by atoms with van der Waals surface area (Å²) >= 11 is 0. The average Bonchev–Trinajstić information content (AvgIpc) is 2.74. The van der Waals surface area contributed by atoms with Gasteiger partial charge in [-0.2, -0.15) is 0 Å². The molecule has 0 spiro atoms. The van der Waals surface area contributed by atoms with Crippen molar-refractivity contribution in [1.82, 2.24) is 16.0 Å². The van der Waals surface area contributed by atoms with E-state index in [1.807, 2.05) is 0 Å². The second-order valence-corrected chi connectivity index (χ2v) is 8.91. The zero-order valence-corrected chi connectivity index (χ0v) is 19.6. The molecule has 1 saturated heterocycles. The summed E-state index contributed by atoms with van der Waals surface area (Å²) in [7, 11) is 0. The fourth-order valence-corrected chi connectivity index (χ4v) is 4.04. The summed E-state index contributed by atoms with van der Waals surface area (Å²) in [5.41, 5.74) is 5.50. The van der Waals surface area contributed by atoms with Crippen molar-refractivity contribution in [3.63, 3.8) is 0 Å². The van der Waals surface area contributed by atoms with Crippen molar-refractivity contribution in [3.8, 4) is 0 Å². The lowest BCUT2D eigenvalue weighted by Gasteiger charge is -2.31. The molecule has 1 fully saturated rings. The number of amides is 2. The van der Waals surface area contributed by atoms with Crippen molar-refractivity contribution < 1.29 is 19.5 Å². The smallest absolute Gasteiger partial charge is 0.245 e. The van der Waals surface area contributed by atoms with E-state index in [9.17, 15) is 19.5 Å². The third-order valence-electron chi connectivity index (χ3n) is 6.12. The van der Waals surface area contributed by atoms with Crippen LogP contribution in [0.5, 0.6) is 0 Å². The number of carbonyl (C=O) groups excluding carboxylic acids is 3. The first-order chi connectivity index (χ1) is 14.8. The topological polar surface area (TPSA) is 134 Å². The van der Waals surface area contributed by atoms with Crippen LogP contribution in [0.3, 0.4) is 0 Å². The molecule has 180 valence electrons. The molecule has 0 radical (unpaired) electrons. The summed E-state index contributed by atoms with van der Waals surface area (Å²) in [6.45, 7) is 5.88. The molecular formula is C23H44N4O4. The number of hydrogen-bond donors (Lipinski definition) is 5. The highest BCUT2D eigenvalue weighted by Crippen LogP contribution is 2.19. The van der Waals surface area contributed by atoms with Crippen molar-refractivity contribution in [2.45, 2.75) is 109 Å². The predicted octanol–water partition coefficient (Wildman–Crippen LogP) is 1.39. The maximum absolute atomic E-state index is 12.7. The number of unbranched alkanes of at least 4 members (excludes halogenated alkanes) is 5. The summed E-state index contributed by atoms with van der Waals surface area (Å²) in [6.07, 6.45) is 9.72. The molecule has 1 aliphatic rings. The van der Waals surface area contributed by atoms with E-state index in [0.717, 1.165) is 19.3 Å². The van der Waals surface area contributed by atoms with Crippen LogP contribution in [0.15, 0.2) is 0 Å². The maximum atomic E-state index is 12.7. The minimum Gasteiger partial charge on any atom is -0.391 e. The van der Waals surface area contributed by atoms with Crippen LogP contribution in [0.4, 0.5) is 0 Å². The number of carbonyl (C=O) groups is 3. The molecule has 0 aromatic rings. The van der Waals surface area contributed by atoms with Gasteiger partial charge in [-0.15, -0.1) is 0 Å². The minimum absolute atomic E-state index is 0.206. The Morgan fingerprint density at radius 1 is 1.10 bits per heavy atom. The van der Waals surface area contributed by atoms with Crippen LogP contribution in [0.25, 0.3) is 0 Å². The van der Waals surface area contributed by atoms with E-state index in [-0.39, 0.29) is 24.2 Å². The molecule has 8 heteroatoms. The normalized spacial score (nSPS) is 21.7. The van der Waals surface area contributed by atoms with Gasteiger partial charge in [0.15, 0.2) is 5.78 Å². The summed E-state index contributed by atoms with van der Waals surface area (Å²) in [6, 6.07) is -1.37. The first kappa shape index (κ1) is 27.5. The molecule has 0 saturated carbocycles. The van der Waals surface area contributed by atoms with Crippen molar-refractivity contribution in [1.29, 1.82) is 0 Å². The van der Waals surface area contributed by atoms with Crippen LogP contribution in [0.2, 0.25) is 0 Å². The van der Waals surface area contributed by atoms with E-state index in [1.54, 1.807) is 0 Å². The molecular weight excluding hydrogens is 396 g/mol. The highest BCUT2D eigenvalue weighted by Gasteiger charge is 2.32. The van der Waals surface area contributed by atoms with Gasteiger partial charge in [0.05, 0.1) is 18.1 Å². The molecule has 0 aromatic carbocycles. The summed E-state index contributed by atoms with van der Waals surface area (Å²) < 4.78 is 0. The standard InChI is InChI=1S/C23H44N4O4/c1-4-5-6-7-8-9-10-19-12-11-18(15-25-19)22(30)27-21(17(3)29)23(31)26-20(13-14-24)16(2)28/h17-21,25,29H,4-15,24H2,1-3H3,(H,26,31)(H,27,30)/t17-,18-,19-,20-,21-/m0/s1. The first-order valence-corrected chi connectivity index (χ1v) is 12.0. The predicted molar refractivity (Wildman–Crippen MR) is 122 cm³/mol. The number of aliphatic hydroxyl groups is 1. The Labute approximate surface area is 187 Å². The molecule has 31 heavy (non-hydrogen) atoms. The average molecular weight is 441 g/mol. The molecule has 6 N–H and O–H groups in total. The van der Waals surface area contributed by atoms with Crippen molar-refractivity contribution in [2.75, 3.05) is 13.1 Å². The second-order valence-electron chi connectivity index (χ2n) is 8.91. The number of ketones is 1. The molecule has 0 aliphatic carbocycles. The molecule has 2 amide bonds. The van der Waals surface area contributed by atoms with Gasteiger partial charge >= 0.3 is 0 Å². The van der Waals surface area contributed by atoms with Crippen LogP contribution in [-0.2, 0) is 14.4 Å². The number of piperidine rings is 1. The van der Waals surface area contributed by atoms with Crippen LogP contribution in [-0.4, -0.2) is 60.0 Å². The Bertz CT molecular complexity index is 548. The lowest BCUT2D eigenvalue weighted by Crippen LogP contribution is -2.57. The first-order valence-electron chi connectivity index (χ1n) is 12.0. The van der Waals surface area contributed by atoms with Gasteiger partial charge in [-0.05, 0) is 46.1 Å². The van der Waals surface area contributed by atoms with Crippen molar-refractivity contribution >= 4 is 17.6 Å². The van der Waals surface area contributed by atoms with Crippen molar-refractivity contribution in [3.05, 3.63) is 0 Å². The minimum atomic E-state index is -1.10. The van der Waals surface area contributed by atoms with E-state index in [0.29, 0.717) is 19.0 Å². The van der Waals surface area contributed by atoms with Gasteiger partial charge in [-0.3, -0.25) is 14.4 Å². The third-order valence-corrected chi connectivity index (χ3v) is 6.12. The summed E-state index contributed by atoms with van der Waals surface area (Å²) in [5.74, 6) is -1.25. The monoisotopic (exact) mass is 440 g/mol. The van der Waals surface area contributed by atoms with Crippen LogP contribution in [0.1, 0.15) is 85.0 Å². The molecule has 1 rings (SSSR count). The van der Waals surface area contributed by atoms with E-state index in [1.165, 1.54) is 52.4 Å². The second kappa shape index (κ2) is 15.3. The van der Waals surface area contributed by atoms with Crippen LogP contribution >= 0.6 is 0 Å².